The number of fused-ring (bicyclic) bond motifs is 1. The normalized spacial score (nSPS) is 10.8. The van der Waals surface area contributed by atoms with Crippen LogP contribution in [0.3, 0.4) is 0 Å². The van der Waals surface area contributed by atoms with Crippen molar-refractivity contribution in [1.29, 1.82) is 0 Å². The summed E-state index contributed by atoms with van der Waals surface area (Å²) < 4.78 is 5.49. The molecule has 2 aromatic heterocycles. The van der Waals surface area contributed by atoms with E-state index in [0.717, 1.165) is 21.5 Å². The van der Waals surface area contributed by atoms with Gasteiger partial charge in [0.25, 0.3) is 0 Å². The van der Waals surface area contributed by atoms with Crippen LogP contribution in [0, 0.1) is 0 Å². The number of hydrogen-bond acceptors (Lipinski definition) is 5. The van der Waals surface area contributed by atoms with Gasteiger partial charge in [0.15, 0.2) is 5.82 Å². The first-order valence-corrected chi connectivity index (χ1v) is 6.90. The Hall–Kier alpha value is -2.14. The fraction of sp³-hybridized carbons (Fsp3) is 0.143. The van der Waals surface area contributed by atoms with Crippen molar-refractivity contribution in [1.82, 2.24) is 9.97 Å². The van der Waals surface area contributed by atoms with Crippen LogP contribution in [0.5, 0.6) is 5.75 Å². The van der Waals surface area contributed by atoms with E-state index < -0.39 is 0 Å². The van der Waals surface area contributed by atoms with E-state index in [1.807, 2.05) is 42.6 Å². The van der Waals surface area contributed by atoms with E-state index in [-0.39, 0.29) is 0 Å². The van der Waals surface area contributed by atoms with Gasteiger partial charge in [0.2, 0.25) is 0 Å². The minimum atomic E-state index is 0.517. The second kappa shape index (κ2) is 4.85. The summed E-state index contributed by atoms with van der Waals surface area (Å²) in [6.07, 6.45) is 0. The van der Waals surface area contributed by atoms with Crippen LogP contribution in [-0.2, 0) is 0 Å². The van der Waals surface area contributed by atoms with Crippen molar-refractivity contribution in [3.05, 3.63) is 35.7 Å². The Morgan fingerprint density at radius 2 is 2.16 bits per heavy atom. The molecule has 0 fully saturated rings. The van der Waals surface area contributed by atoms with Crippen molar-refractivity contribution in [3.63, 3.8) is 0 Å². The molecule has 5 heteroatoms. The van der Waals surface area contributed by atoms with Crippen molar-refractivity contribution in [2.45, 2.75) is 6.92 Å². The first-order chi connectivity index (χ1) is 9.28. The van der Waals surface area contributed by atoms with Gasteiger partial charge in [-0.15, -0.1) is 11.3 Å². The molecule has 96 valence electrons. The number of nitrogens with two attached hydrogens (primary N) is 1. The fourth-order valence-corrected chi connectivity index (χ4v) is 2.67. The highest BCUT2D eigenvalue weighted by molar-refractivity contribution is 7.16. The monoisotopic (exact) mass is 271 g/mol. The predicted octanol–water partition coefficient (Wildman–Crippen LogP) is 3.34. The smallest absolute Gasteiger partial charge is 0.163 e. The lowest BCUT2D eigenvalue weighted by molar-refractivity contribution is 0.340. The number of benzene rings is 1. The topological polar surface area (TPSA) is 61.0 Å². The number of nitrogens with zero attached hydrogens (tertiary/aromatic N) is 2. The van der Waals surface area contributed by atoms with Gasteiger partial charge in [0.1, 0.15) is 16.4 Å². The molecule has 19 heavy (non-hydrogen) atoms. The molecule has 3 rings (SSSR count). The van der Waals surface area contributed by atoms with E-state index in [1.165, 1.54) is 0 Å². The Kier molecular flexibility index (Phi) is 3.05. The average Bonchev–Trinajstić information content (AvgIpc) is 2.88. The van der Waals surface area contributed by atoms with Crippen molar-refractivity contribution in [3.8, 4) is 17.1 Å². The third-order valence-electron chi connectivity index (χ3n) is 2.76. The van der Waals surface area contributed by atoms with E-state index in [0.29, 0.717) is 18.2 Å². The number of aromatic nitrogens is 2. The zero-order valence-electron chi connectivity index (χ0n) is 10.5. The summed E-state index contributed by atoms with van der Waals surface area (Å²) in [5, 5.41) is 2.88. The molecule has 2 heterocycles. The van der Waals surface area contributed by atoms with Crippen molar-refractivity contribution in [2.75, 3.05) is 12.3 Å². The maximum atomic E-state index is 5.96. The van der Waals surface area contributed by atoms with Crippen LogP contribution >= 0.6 is 11.3 Å². The quantitative estimate of drug-likeness (QED) is 0.793. The number of thiophene rings is 1. The predicted molar refractivity (Wildman–Crippen MR) is 78.4 cm³/mol. The third kappa shape index (κ3) is 2.24. The van der Waals surface area contributed by atoms with Crippen LogP contribution < -0.4 is 10.5 Å². The molecule has 0 saturated heterocycles. The number of anilines is 1. The van der Waals surface area contributed by atoms with Gasteiger partial charge in [0, 0.05) is 5.56 Å². The first kappa shape index (κ1) is 11.9. The molecule has 0 atom stereocenters. The second-order valence-electron chi connectivity index (χ2n) is 4.03. The van der Waals surface area contributed by atoms with Gasteiger partial charge in [-0.2, -0.15) is 0 Å². The van der Waals surface area contributed by atoms with Gasteiger partial charge in [-0.05, 0) is 30.5 Å². The highest BCUT2D eigenvalue weighted by Gasteiger charge is 2.08. The molecule has 0 radical (unpaired) electrons. The zero-order valence-corrected chi connectivity index (χ0v) is 11.3. The second-order valence-corrected chi connectivity index (χ2v) is 4.93. The maximum Gasteiger partial charge on any atom is 0.163 e. The molecule has 2 N–H and O–H groups in total. The van der Waals surface area contributed by atoms with Crippen LogP contribution in [0.25, 0.3) is 21.6 Å². The molecule has 0 aliphatic rings. The van der Waals surface area contributed by atoms with Crippen molar-refractivity contribution < 1.29 is 4.74 Å². The highest BCUT2D eigenvalue weighted by atomic mass is 32.1. The molecule has 0 amide bonds. The molecular formula is C14H13N3OS. The molecule has 0 bridgehead atoms. The Morgan fingerprint density at radius 1 is 1.26 bits per heavy atom. The Bertz CT molecular complexity index is 724. The molecule has 0 saturated carbocycles. The Balaban J connectivity index is 2.10. The molecular weight excluding hydrogens is 258 g/mol. The average molecular weight is 271 g/mol. The molecule has 1 aromatic carbocycles. The van der Waals surface area contributed by atoms with E-state index in [2.05, 4.69) is 9.97 Å². The summed E-state index contributed by atoms with van der Waals surface area (Å²) in [6.45, 7) is 2.59. The lowest BCUT2D eigenvalue weighted by atomic mass is 10.2. The summed E-state index contributed by atoms with van der Waals surface area (Å²) in [6, 6.07) is 9.67. The lowest BCUT2D eigenvalue weighted by Gasteiger charge is -2.06. The van der Waals surface area contributed by atoms with Crippen molar-refractivity contribution >= 4 is 27.4 Å². The zero-order chi connectivity index (χ0) is 13.2. The summed E-state index contributed by atoms with van der Waals surface area (Å²) >= 11 is 1.56. The number of ether oxygens (including phenoxy) is 1. The first-order valence-electron chi connectivity index (χ1n) is 6.02. The van der Waals surface area contributed by atoms with Gasteiger partial charge in [-0.25, -0.2) is 9.97 Å². The van der Waals surface area contributed by atoms with Crippen LogP contribution in [0.1, 0.15) is 6.92 Å². The molecule has 4 nitrogen and oxygen atoms in total. The molecule has 0 aliphatic carbocycles. The van der Waals surface area contributed by atoms with E-state index in [4.69, 9.17) is 10.5 Å². The van der Waals surface area contributed by atoms with Crippen molar-refractivity contribution in [2.24, 2.45) is 0 Å². The third-order valence-corrected chi connectivity index (χ3v) is 3.56. The van der Waals surface area contributed by atoms with Crippen LogP contribution in [-0.4, -0.2) is 16.6 Å². The van der Waals surface area contributed by atoms with Crippen LogP contribution in [0.2, 0.25) is 0 Å². The molecule has 0 spiro atoms. The summed E-state index contributed by atoms with van der Waals surface area (Å²) in [5.41, 5.74) is 6.87. The van der Waals surface area contributed by atoms with Gasteiger partial charge in [-0.3, -0.25) is 0 Å². The van der Waals surface area contributed by atoms with Crippen LogP contribution in [0.15, 0.2) is 35.7 Å². The van der Waals surface area contributed by atoms with Gasteiger partial charge in [-0.1, -0.05) is 12.1 Å². The Labute approximate surface area is 114 Å². The maximum absolute atomic E-state index is 5.96. The van der Waals surface area contributed by atoms with E-state index >= 15 is 0 Å². The van der Waals surface area contributed by atoms with Gasteiger partial charge >= 0.3 is 0 Å². The van der Waals surface area contributed by atoms with Gasteiger partial charge < -0.3 is 10.5 Å². The number of hydrogen-bond donors (Lipinski definition) is 1. The minimum absolute atomic E-state index is 0.517. The van der Waals surface area contributed by atoms with Crippen LogP contribution in [0.4, 0.5) is 5.82 Å². The molecule has 0 aliphatic heterocycles. The fourth-order valence-electron chi connectivity index (χ4n) is 1.90. The molecule has 3 aromatic rings. The molecule has 0 unspecified atom stereocenters. The van der Waals surface area contributed by atoms with E-state index in [1.54, 1.807) is 11.3 Å². The summed E-state index contributed by atoms with van der Waals surface area (Å²) in [7, 11) is 0. The largest absolute Gasteiger partial charge is 0.494 e. The number of rotatable bonds is 3. The standard InChI is InChI=1S/C14H13N3OS/c1-2-18-10-5-3-4-9(8-10)13-16-12(15)11-6-7-19-14(11)17-13/h3-8H,2H2,1H3,(H2,15,16,17). The summed E-state index contributed by atoms with van der Waals surface area (Å²) in [4.78, 5) is 9.81. The SMILES string of the molecule is CCOc1cccc(-c2nc(N)c3ccsc3n2)c1. The lowest BCUT2D eigenvalue weighted by Crippen LogP contribution is -1.97. The van der Waals surface area contributed by atoms with Gasteiger partial charge in [0.05, 0.1) is 12.0 Å². The number of nitrogen functional groups attached to an aromatic ring is 1. The van der Waals surface area contributed by atoms with E-state index in [9.17, 15) is 0 Å². The summed E-state index contributed by atoms with van der Waals surface area (Å²) in [5.74, 6) is 1.96. The minimum Gasteiger partial charge on any atom is -0.494 e. The Morgan fingerprint density at radius 3 is 3.00 bits per heavy atom. The highest BCUT2D eigenvalue weighted by Crippen LogP contribution is 2.28.